The maximum atomic E-state index is 12.6. The molecule has 1 heterocycles. The van der Waals surface area contributed by atoms with E-state index in [1.54, 1.807) is 0 Å². The summed E-state index contributed by atoms with van der Waals surface area (Å²) in [5.74, 6) is -0.195. The predicted molar refractivity (Wildman–Crippen MR) is 96.5 cm³/mol. The molecule has 2 amide bonds. The van der Waals surface area contributed by atoms with Crippen LogP contribution in [0, 0.1) is 16.0 Å². The van der Waals surface area contributed by atoms with Crippen molar-refractivity contribution >= 4 is 29.3 Å². The Morgan fingerprint density at radius 1 is 1.40 bits per heavy atom. The van der Waals surface area contributed by atoms with Crippen LogP contribution in [0.1, 0.15) is 43.5 Å². The monoisotopic (exact) mass is 365 g/mol. The Balaban J connectivity index is 2.11. The highest BCUT2D eigenvalue weighted by Crippen LogP contribution is 2.31. The van der Waals surface area contributed by atoms with E-state index in [1.165, 1.54) is 12.1 Å². The van der Waals surface area contributed by atoms with Gasteiger partial charge in [-0.1, -0.05) is 13.8 Å². The van der Waals surface area contributed by atoms with Crippen LogP contribution in [-0.4, -0.2) is 40.0 Å². The van der Waals surface area contributed by atoms with E-state index < -0.39 is 10.8 Å². The van der Waals surface area contributed by atoms with Crippen LogP contribution in [0.15, 0.2) is 23.1 Å². The molecular weight excluding hydrogens is 342 g/mol. The first-order valence-electron chi connectivity index (χ1n) is 8.31. The first-order chi connectivity index (χ1) is 11.8. The molecule has 1 aliphatic rings. The van der Waals surface area contributed by atoms with Crippen molar-refractivity contribution in [1.29, 1.82) is 0 Å². The number of piperidine rings is 1. The zero-order valence-corrected chi connectivity index (χ0v) is 15.3. The topological polar surface area (TPSA) is 107 Å². The number of rotatable bonds is 6. The molecule has 1 aromatic rings. The van der Waals surface area contributed by atoms with Gasteiger partial charge < -0.3 is 10.6 Å². The molecule has 2 rings (SSSR count). The van der Waals surface area contributed by atoms with Crippen LogP contribution in [0.25, 0.3) is 0 Å². The number of likely N-dealkylation sites (tertiary alicyclic amines) is 1. The third-order valence-corrected chi connectivity index (χ3v) is 5.48. The predicted octanol–water partition coefficient (Wildman–Crippen LogP) is 2.82. The van der Waals surface area contributed by atoms with E-state index in [1.807, 2.05) is 4.90 Å². The molecule has 8 heteroatoms. The summed E-state index contributed by atoms with van der Waals surface area (Å²) < 4.78 is 0. The van der Waals surface area contributed by atoms with Crippen molar-refractivity contribution in [2.75, 3.05) is 12.3 Å². The van der Waals surface area contributed by atoms with Crippen LogP contribution in [0.4, 0.5) is 5.69 Å². The van der Waals surface area contributed by atoms with Crippen molar-refractivity contribution in [2.45, 2.75) is 44.0 Å². The number of hydrogen-bond donors (Lipinski definition) is 1. The molecule has 7 nitrogen and oxygen atoms in total. The Labute approximate surface area is 151 Å². The number of nitrogens with two attached hydrogens (primary N) is 1. The second-order valence-corrected chi connectivity index (χ2v) is 7.50. The molecule has 0 bridgehead atoms. The zero-order valence-electron chi connectivity index (χ0n) is 14.4. The Morgan fingerprint density at radius 3 is 2.72 bits per heavy atom. The Kier molecular flexibility index (Phi) is 6.41. The van der Waals surface area contributed by atoms with E-state index >= 15 is 0 Å². The highest BCUT2D eigenvalue weighted by Gasteiger charge is 2.29. The zero-order chi connectivity index (χ0) is 18.6. The summed E-state index contributed by atoms with van der Waals surface area (Å²) >= 11 is 1.13. The van der Waals surface area contributed by atoms with Gasteiger partial charge in [0.05, 0.1) is 15.6 Å². The van der Waals surface area contributed by atoms with E-state index in [0.29, 0.717) is 10.8 Å². The number of carbonyl (C=O) groups excluding carboxylic acids is 2. The van der Waals surface area contributed by atoms with E-state index in [0.717, 1.165) is 43.6 Å². The van der Waals surface area contributed by atoms with Crippen molar-refractivity contribution in [1.82, 2.24) is 4.90 Å². The van der Waals surface area contributed by atoms with Crippen LogP contribution in [0.2, 0.25) is 0 Å². The SMILES string of the molecule is CC(C)C1CCCCN1C(=O)CSc1ccc(C(N)=O)cc1[N+](=O)[O-]. The Bertz CT molecular complexity index is 678. The molecule has 0 aromatic heterocycles. The number of nitro groups is 1. The lowest BCUT2D eigenvalue weighted by molar-refractivity contribution is -0.387. The quantitative estimate of drug-likeness (QED) is 0.474. The minimum atomic E-state index is -0.719. The number of hydrogen-bond acceptors (Lipinski definition) is 5. The number of nitro benzene ring substituents is 1. The summed E-state index contributed by atoms with van der Waals surface area (Å²) in [5.41, 5.74) is 5.05. The van der Waals surface area contributed by atoms with Gasteiger partial charge in [0, 0.05) is 24.2 Å². The van der Waals surface area contributed by atoms with Crippen molar-refractivity contribution < 1.29 is 14.5 Å². The van der Waals surface area contributed by atoms with Crippen LogP contribution >= 0.6 is 11.8 Å². The van der Waals surface area contributed by atoms with Gasteiger partial charge in [-0.3, -0.25) is 19.7 Å². The summed E-state index contributed by atoms with van der Waals surface area (Å²) in [5, 5.41) is 11.2. The summed E-state index contributed by atoms with van der Waals surface area (Å²) in [7, 11) is 0. The number of carbonyl (C=O) groups is 2. The summed E-state index contributed by atoms with van der Waals surface area (Å²) in [4.78, 5) is 36.7. The van der Waals surface area contributed by atoms with Crippen molar-refractivity contribution in [3.63, 3.8) is 0 Å². The van der Waals surface area contributed by atoms with Crippen LogP contribution in [0.3, 0.4) is 0 Å². The fourth-order valence-electron chi connectivity index (χ4n) is 3.12. The van der Waals surface area contributed by atoms with Crippen LogP contribution < -0.4 is 5.73 Å². The van der Waals surface area contributed by atoms with Crippen molar-refractivity contribution in [2.24, 2.45) is 11.7 Å². The van der Waals surface area contributed by atoms with Gasteiger partial charge in [-0.15, -0.1) is 11.8 Å². The third-order valence-electron chi connectivity index (χ3n) is 4.43. The Hall–Kier alpha value is -2.09. The first-order valence-corrected chi connectivity index (χ1v) is 9.30. The van der Waals surface area contributed by atoms with Gasteiger partial charge in [0.1, 0.15) is 0 Å². The highest BCUT2D eigenvalue weighted by molar-refractivity contribution is 8.00. The number of benzene rings is 1. The lowest BCUT2D eigenvalue weighted by atomic mass is 9.93. The van der Waals surface area contributed by atoms with E-state index in [9.17, 15) is 19.7 Å². The molecule has 0 spiro atoms. The van der Waals surface area contributed by atoms with Gasteiger partial charge in [0.2, 0.25) is 11.8 Å². The van der Waals surface area contributed by atoms with Crippen molar-refractivity contribution in [3.05, 3.63) is 33.9 Å². The fraction of sp³-hybridized carbons (Fsp3) is 0.529. The van der Waals surface area contributed by atoms with Gasteiger partial charge in [0.25, 0.3) is 5.69 Å². The molecule has 0 radical (unpaired) electrons. The molecule has 1 atom stereocenters. The summed E-state index contributed by atoms with van der Waals surface area (Å²) in [6, 6.07) is 4.31. The number of amides is 2. The Morgan fingerprint density at radius 2 is 2.12 bits per heavy atom. The normalized spacial score (nSPS) is 17.6. The smallest absolute Gasteiger partial charge is 0.283 e. The molecular formula is C17H23N3O4S. The molecule has 1 aromatic carbocycles. The molecule has 1 fully saturated rings. The van der Waals surface area contributed by atoms with E-state index in [4.69, 9.17) is 5.73 Å². The standard InChI is InChI=1S/C17H23N3O4S/c1-11(2)13-5-3-4-8-19(13)16(21)10-25-15-7-6-12(17(18)22)9-14(15)20(23)24/h6-7,9,11,13H,3-5,8,10H2,1-2H3,(H2,18,22). The van der Waals surface area contributed by atoms with Gasteiger partial charge in [-0.05, 0) is 37.3 Å². The molecule has 0 saturated carbocycles. The molecule has 136 valence electrons. The average Bonchev–Trinajstić information content (AvgIpc) is 2.59. The average molecular weight is 365 g/mol. The minimum Gasteiger partial charge on any atom is -0.366 e. The van der Waals surface area contributed by atoms with Crippen molar-refractivity contribution in [3.8, 4) is 0 Å². The summed E-state index contributed by atoms with van der Waals surface area (Å²) in [6.45, 7) is 4.96. The molecule has 0 aliphatic carbocycles. The molecule has 1 unspecified atom stereocenters. The highest BCUT2D eigenvalue weighted by atomic mass is 32.2. The largest absolute Gasteiger partial charge is 0.366 e. The lowest BCUT2D eigenvalue weighted by Crippen LogP contribution is -2.47. The molecule has 1 aliphatic heterocycles. The van der Waals surface area contributed by atoms with E-state index in [-0.39, 0.29) is 29.0 Å². The van der Waals surface area contributed by atoms with Gasteiger partial charge in [0.15, 0.2) is 0 Å². The fourth-order valence-corrected chi connectivity index (χ4v) is 4.01. The van der Waals surface area contributed by atoms with Gasteiger partial charge in [-0.2, -0.15) is 0 Å². The van der Waals surface area contributed by atoms with Gasteiger partial charge >= 0.3 is 0 Å². The minimum absolute atomic E-state index is 0.00308. The van der Waals surface area contributed by atoms with Gasteiger partial charge in [-0.25, -0.2) is 0 Å². The second kappa shape index (κ2) is 8.33. The maximum absolute atomic E-state index is 12.6. The van der Waals surface area contributed by atoms with Crippen LogP contribution in [0.5, 0.6) is 0 Å². The van der Waals surface area contributed by atoms with E-state index in [2.05, 4.69) is 13.8 Å². The second-order valence-electron chi connectivity index (χ2n) is 6.49. The molecule has 2 N–H and O–H groups in total. The maximum Gasteiger partial charge on any atom is 0.283 e. The number of nitrogens with zero attached hydrogens (tertiary/aromatic N) is 2. The molecule has 25 heavy (non-hydrogen) atoms. The number of primary amides is 1. The first kappa shape index (κ1) is 19.2. The third kappa shape index (κ3) is 4.72. The summed E-state index contributed by atoms with van der Waals surface area (Å²) in [6.07, 6.45) is 3.12. The molecule has 1 saturated heterocycles. The van der Waals surface area contributed by atoms with Crippen LogP contribution in [-0.2, 0) is 4.79 Å². The lowest BCUT2D eigenvalue weighted by Gasteiger charge is -2.38. The number of thioether (sulfide) groups is 1.